The number of carbonyl (C=O) groups excluding carboxylic acids is 4. The monoisotopic (exact) mass is 1300 g/mol. The summed E-state index contributed by atoms with van der Waals surface area (Å²) in [5.41, 5.74) is 4.76. The standard InChI is InChI=1S/C19H18ClFN6O5.C17H12ClFN6O4.C13H13ClFN3O2.C6H7NO2/c1-4-31-19(30)23-17(29)14(8-22)25-24-10-5-12(20)16(13(21)6-10)32-18-11(9(2)3)7-15(28)26-27-18;1-7(2)9-5-13(26)22-23-16(9)29-14-10(18)3-8(4-11(14)19)25-17(28)21-15(27)12(6-20)24-25;1-6(2)8-5-11(19)17-18-13(8)20-12-9(14)3-7(16)4-10(12)15;1-5(8)4-6(9)2-3-7/h5-7,9,24H,4H2,1-3H3,(H,26,28)(H,23,29,30);3-5,7H,1-2H3,(H,22,26)(H,21,27,28);3-6H,16H2,1-2H3,(H,17,19);2,4H2,1H3/b25-14-;;;. The van der Waals surface area contributed by atoms with Crippen LogP contribution >= 0.6 is 34.8 Å². The summed E-state index contributed by atoms with van der Waals surface area (Å²) in [6, 6.07) is 15.3. The molecule has 0 atom stereocenters. The number of ether oxygens (including phenoxy) is 4. The van der Waals surface area contributed by atoms with Crippen LogP contribution in [0.2, 0.25) is 15.1 Å². The van der Waals surface area contributed by atoms with Crippen LogP contribution in [0.5, 0.6) is 34.9 Å². The van der Waals surface area contributed by atoms with Crippen molar-refractivity contribution in [2.24, 2.45) is 5.10 Å². The van der Waals surface area contributed by atoms with Gasteiger partial charge in [0.2, 0.25) is 29.0 Å². The van der Waals surface area contributed by atoms with E-state index in [9.17, 15) is 56.3 Å². The highest BCUT2D eigenvalue weighted by molar-refractivity contribution is 6.47. The summed E-state index contributed by atoms with van der Waals surface area (Å²) in [6.07, 6.45) is -1.31. The Morgan fingerprint density at radius 2 is 1.14 bits per heavy atom. The fourth-order valence-electron chi connectivity index (χ4n) is 6.80. The number of benzene rings is 3. The smallest absolute Gasteiger partial charge is 0.414 e. The van der Waals surface area contributed by atoms with Crippen molar-refractivity contribution in [1.29, 1.82) is 15.8 Å². The Labute approximate surface area is 520 Å². The molecule has 7 rings (SSSR count). The third-order valence-corrected chi connectivity index (χ3v) is 11.7. The number of halogens is 6. The van der Waals surface area contributed by atoms with E-state index >= 15 is 0 Å². The summed E-state index contributed by atoms with van der Waals surface area (Å²) < 4.78 is 64.6. The fraction of sp³-hybridized carbons (Fsp3) is 0.255. The zero-order chi connectivity index (χ0) is 67.3. The highest BCUT2D eigenvalue weighted by atomic mass is 35.5. The maximum atomic E-state index is 14.7. The molecule has 0 aliphatic carbocycles. The largest absolute Gasteiger partial charge is 0.450 e. The number of nitrogens with one attached hydrogen (secondary N) is 6. The third kappa shape index (κ3) is 20.6. The van der Waals surface area contributed by atoms with Gasteiger partial charge in [0.05, 0.1) is 52.0 Å². The minimum atomic E-state index is -1.12. The van der Waals surface area contributed by atoms with E-state index in [0.717, 1.165) is 24.3 Å². The summed E-state index contributed by atoms with van der Waals surface area (Å²) in [6.45, 7) is 13.8. The van der Waals surface area contributed by atoms with Crippen molar-refractivity contribution in [3.05, 3.63) is 161 Å². The second-order valence-corrected chi connectivity index (χ2v) is 20.0. The predicted molar refractivity (Wildman–Crippen MR) is 317 cm³/mol. The highest BCUT2D eigenvalue weighted by Crippen LogP contribution is 2.38. The minimum absolute atomic E-state index is 0.0181. The second kappa shape index (κ2) is 33.2. The number of aromatic nitrogens is 9. The molecular formula is C55H50Cl3F3N16O13. The second-order valence-electron chi connectivity index (χ2n) is 18.8. The molecule has 0 radical (unpaired) electrons. The topological polar surface area (TPSA) is 444 Å². The molecule has 8 N–H and O–H groups in total. The first-order valence-corrected chi connectivity index (χ1v) is 26.8. The number of hydrogen-bond acceptors (Lipinski definition) is 23. The Bertz CT molecular complexity index is 4270. The SMILES string of the molecule is CC(=O)CC(=O)CC#N.CC(C)c1cc(=O)[nH]nc1Oc1c(F)cc(-n2nc(C#N)c(=O)[nH]c2=O)cc1Cl.CC(C)c1cc(=O)[nH]nc1Oc1c(F)cc(N)cc1Cl.CCOC(=O)NC(=O)/C(C#N)=N\Nc1cc(F)c(Oc2n[nH]c(=O)cc2C(C)C)c(Cl)c1. The van der Waals surface area contributed by atoms with E-state index in [0.29, 0.717) is 21.4 Å². The van der Waals surface area contributed by atoms with Crippen LogP contribution in [0.4, 0.5) is 29.3 Å². The van der Waals surface area contributed by atoms with E-state index in [1.165, 1.54) is 56.3 Å². The van der Waals surface area contributed by atoms with E-state index in [2.05, 4.69) is 51.0 Å². The summed E-state index contributed by atoms with van der Waals surface area (Å²) in [5, 5.41) is 52.4. The normalized spacial score (nSPS) is 10.6. The van der Waals surface area contributed by atoms with Crippen LogP contribution in [0, 0.1) is 51.4 Å². The number of nitrogens with two attached hydrogens (primary N) is 1. The Kier molecular flexibility index (Phi) is 26.4. The van der Waals surface area contributed by atoms with Crippen LogP contribution in [-0.4, -0.2) is 81.2 Å². The number of hydrazone groups is 1. The lowest BCUT2D eigenvalue weighted by molar-refractivity contribution is -0.125. The van der Waals surface area contributed by atoms with Crippen LogP contribution in [0.25, 0.3) is 5.69 Å². The van der Waals surface area contributed by atoms with Gasteiger partial charge in [-0.1, -0.05) is 76.3 Å². The number of rotatable bonds is 17. The summed E-state index contributed by atoms with van der Waals surface area (Å²) in [7, 11) is 0. The Morgan fingerprint density at radius 1 is 0.689 bits per heavy atom. The van der Waals surface area contributed by atoms with Gasteiger partial charge in [-0.05, 0) is 49.8 Å². The Hall–Kier alpha value is -11.0. The van der Waals surface area contributed by atoms with Gasteiger partial charge in [-0.25, -0.2) is 38.1 Å². The van der Waals surface area contributed by atoms with Gasteiger partial charge in [0.1, 0.15) is 17.9 Å². The van der Waals surface area contributed by atoms with Crippen molar-refractivity contribution in [3.63, 3.8) is 0 Å². The molecule has 3 aromatic carbocycles. The molecular weight excluding hydrogens is 1260 g/mol. The highest BCUT2D eigenvalue weighted by Gasteiger charge is 2.23. The molecule has 35 heteroatoms. The molecule has 470 valence electrons. The summed E-state index contributed by atoms with van der Waals surface area (Å²) in [5.74, 6) is -5.37. The number of Topliss-reactive ketones (excluding diaryl/α,β-unsaturated/α-hetero) is 2. The average Bonchev–Trinajstić information content (AvgIpc) is 2.31. The number of alkyl carbamates (subject to hydrolysis) is 1. The van der Waals surface area contributed by atoms with Gasteiger partial charge in [-0.3, -0.25) is 49.3 Å². The quantitative estimate of drug-likeness (QED) is 0.0196. The van der Waals surface area contributed by atoms with Crippen LogP contribution in [0.15, 0.2) is 83.7 Å². The number of imide groups is 1. The fourth-order valence-corrected chi connectivity index (χ4v) is 7.54. The van der Waals surface area contributed by atoms with E-state index in [1.54, 1.807) is 39.1 Å². The Morgan fingerprint density at radius 3 is 1.54 bits per heavy atom. The first-order chi connectivity index (χ1) is 42.4. The Balaban J connectivity index is 0.000000275. The number of anilines is 2. The lowest BCUT2D eigenvalue weighted by atomic mass is 10.1. The minimum Gasteiger partial charge on any atom is -0.450 e. The summed E-state index contributed by atoms with van der Waals surface area (Å²) >= 11 is 18.1. The molecule has 0 spiro atoms. The van der Waals surface area contributed by atoms with Crippen molar-refractivity contribution in [2.75, 3.05) is 17.8 Å². The molecule has 0 bridgehead atoms. The zero-order valence-corrected chi connectivity index (χ0v) is 50.5. The van der Waals surface area contributed by atoms with Gasteiger partial charge in [-0.15, -0.1) is 20.4 Å². The molecule has 0 saturated heterocycles. The molecule has 90 heavy (non-hydrogen) atoms. The number of nitriles is 3. The van der Waals surface area contributed by atoms with Gasteiger partial charge in [0.15, 0.2) is 40.5 Å². The molecule has 0 fully saturated rings. The molecule has 2 amide bonds. The maximum Gasteiger partial charge on any atom is 0.414 e. The number of nitrogens with zero attached hydrogens (tertiary/aromatic N) is 9. The first kappa shape index (κ1) is 71.5. The van der Waals surface area contributed by atoms with E-state index < -0.39 is 69.0 Å². The molecule has 4 heterocycles. The number of aromatic amines is 4. The van der Waals surface area contributed by atoms with Gasteiger partial charge in [0, 0.05) is 58.8 Å². The van der Waals surface area contributed by atoms with Gasteiger partial charge in [-0.2, -0.15) is 25.6 Å². The van der Waals surface area contributed by atoms with Crippen molar-refractivity contribution < 1.29 is 51.3 Å². The van der Waals surface area contributed by atoms with Crippen molar-refractivity contribution in [2.45, 2.75) is 86.0 Å². The van der Waals surface area contributed by atoms with Crippen molar-refractivity contribution in [3.8, 4) is 58.8 Å². The number of nitrogen functional groups attached to an aromatic ring is 1. The maximum absolute atomic E-state index is 14.7. The van der Waals surface area contributed by atoms with E-state index in [4.69, 9.17) is 70.5 Å². The number of amides is 2. The zero-order valence-electron chi connectivity index (χ0n) is 48.2. The molecule has 7 aromatic rings. The predicted octanol–water partition coefficient (Wildman–Crippen LogP) is 8.13. The summed E-state index contributed by atoms with van der Waals surface area (Å²) in [4.78, 5) is 103. The lowest BCUT2D eigenvalue weighted by Crippen LogP contribution is -2.36. The van der Waals surface area contributed by atoms with Crippen LogP contribution in [-0.2, 0) is 19.1 Å². The first-order valence-electron chi connectivity index (χ1n) is 25.7. The van der Waals surface area contributed by atoms with Gasteiger partial charge in [0.25, 0.3) is 28.1 Å². The molecule has 0 aliphatic heterocycles. The van der Waals surface area contributed by atoms with Crippen molar-refractivity contribution >= 4 is 75.5 Å². The average molecular weight is 1310 g/mol. The number of carbonyl (C=O) groups is 4. The number of ketones is 2. The van der Waals surface area contributed by atoms with Crippen molar-refractivity contribution in [1.82, 2.24) is 50.7 Å². The van der Waals surface area contributed by atoms with Crippen LogP contribution in [0.1, 0.15) is 108 Å². The van der Waals surface area contributed by atoms with E-state index in [1.807, 2.05) is 18.8 Å². The third-order valence-electron chi connectivity index (χ3n) is 10.9. The molecule has 0 unspecified atom stereocenters. The number of hydrogen-bond donors (Lipinski definition) is 7. The van der Waals surface area contributed by atoms with Crippen LogP contribution < -0.4 is 58.6 Å². The molecule has 4 aromatic heterocycles. The van der Waals surface area contributed by atoms with E-state index in [-0.39, 0.29) is 116 Å². The molecule has 0 aliphatic rings. The van der Waals surface area contributed by atoms with Gasteiger partial charge >= 0.3 is 11.8 Å². The van der Waals surface area contributed by atoms with Crippen LogP contribution in [0.3, 0.4) is 0 Å². The lowest BCUT2D eigenvalue weighted by Gasteiger charge is -2.14. The number of H-pyrrole nitrogens is 4. The molecule has 29 nitrogen and oxygen atoms in total. The van der Waals surface area contributed by atoms with Gasteiger partial charge < -0.3 is 24.7 Å². The molecule has 0 saturated carbocycles.